The summed E-state index contributed by atoms with van der Waals surface area (Å²) in [5, 5.41) is 9.36. The molecule has 3 rings (SSSR count). The second-order valence-corrected chi connectivity index (χ2v) is 5.87. The van der Waals surface area contributed by atoms with Gasteiger partial charge >= 0.3 is 0 Å². The lowest BCUT2D eigenvalue weighted by Crippen LogP contribution is -2.42. The van der Waals surface area contributed by atoms with Gasteiger partial charge in [-0.25, -0.2) is 0 Å². The van der Waals surface area contributed by atoms with E-state index in [4.69, 9.17) is 9.84 Å². The summed E-state index contributed by atoms with van der Waals surface area (Å²) in [6, 6.07) is 12.6. The first-order chi connectivity index (χ1) is 10.7. The van der Waals surface area contributed by atoms with Crippen LogP contribution in [-0.2, 0) is 0 Å². The molecule has 22 heavy (non-hydrogen) atoms. The summed E-state index contributed by atoms with van der Waals surface area (Å²) in [5.74, 6) is 0.892. The highest BCUT2D eigenvalue weighted by molar-refractivity contribution is 6.02. The van der Waals surface area contributed by atoms with Crippen molar-refractivity contribution in [1.82, 2.24) is 9.91 Å². The molecule has 1 saturated heterocycles. The summed E-state index contributed by atoms with van der Waals surface area (Å²) in [7, 11) is 3.86. The van der Waals surface area contributed by atoms with Crippen molar-refractivity contribution in [2.24, 2.45) is 5.10 Å². The van der Waals surface area contributed by atoms with E-state index in [0.717, 1.165) is 37.6 Å². The van der Waals surface area contributed by atoms with Gasteiger partial charge in [-0.1, -0.05) is 18.2 Å². The molecule has 2 aromatic carbocycles. The number of fused-ring (bicyclic) bond motifs is 1. The van der Waals surface area contributed by atoms with Crippen LogP contribution in [0.4, 0.5) is 0 Å². The summed E-state index contributed by atoms with van der Waals surface area (Å²) in [5.41, 5.74) is 2.25. The largest absolute Gasteiger partial charge is 0.497 e. The van der Waals surface area contributed by atoms with Crippen molar-refractivity contribution in [1.29, 1.82) is 0 Å². The van der Waals surface area contributed by atoms with Gasteiger partial charge in [0.05, 0.1) is 12.8 Å². The van der Waals surface area contributed by atoms with Gasteiger partial charge in [0.25, 0.3) is 0 Å². The van der Waals surface area contributed by atoms with E-state index in [9.17, 15) is 0 Å². The van der Waals surface area contributed by atoms with Crippen molar-refractivity contribution in [3.63, 3.8) is 0 Å². The molecule has 1 fully saturated rings. The fourth-order valence-electron chi connectivity index (χ4n) is 2.74. The number of likely N-dealkylation sites (N-methyl/N-ethyl adjacent to an activating group) is 1. The van der Waals surface area contributed by atoms with E-state index in [0.29, 0.717) is 0 Å². The number of hydrazone groups is 1. The lowest BCUT2D eigenvalue weighted by Gasteiger charge is -2.30. The minimum Gasteiger partial charge on any atom is -0.497 e. The van der Waals surface area contributed by atoms with E-state index in [-0.39, 0.29) is 0 Å². The Bertz CT molecular complexity index is 688. The summed E-state index contributed by atoms with van der Waals surface area (Å²) >= 11 is 0. The summed E-state index contributed by atoms with van der Waals surface area (Å²) < 4.78 is 5.27. The number of rotatable bonds is 3. The maximum absolute atomic E-state index is 5.27. The molecule has 0 spiro atoms. The third-order valence-corrected chi connectivity index (χ3v) is 4.24. The zero-order valence-corrected chi connectivity index (χ0v) is 13.5. The van der Waals surface area contributed by atoms with Crippen LogP contribution in [-0.4, -0.2) is 56.0 Å². The Morgan fingerprint density at radius 1 is 1.00 bits per heavy atom. The first-order valence-corrected chi connectivity index (χ1v) is 7.72. The molecule has 4 nitrogen and oxygen atoms in total. The average Bonchev–Trinajstić information content (AvgIpc) is 2.56. The van der Waals surface area contributed by atoms with E-state index in [2.05, 4.69) is 54.2 Å². The first-order valence-electron chi connectivity index (χ1n) is 7.72. The number of methoxy groups -OCH3 is 1. The molecular weight excluding hydrogens is 274 g/mol. The molecule has 0 saturated carbocycles. The normalized spacial score (nSPS) is 17.0. The number of hydrogen-bond donors (Lipinski definition) is 0. The van der Waals surface area contributed by atoms with Crippen LogP contribution in [0.25, 0.3) is 10.8 Å². The van der Waals surface area contributed by atoms with Gasteiger partial charge < -0.3 is 9.64 Å². The molecule has 1 aliphatic rings. The third kappa shape index (κ3) is 3.22. The van der Waals surface area contributed by atoms with E-state index in [1.54, 1.807) is 7.11 Å². The van der Waals surface area contributed by atoms with Gasteiger partial charge in [-0.2, -0.15) is 5.10 Å². The van der Waals surface area contributed by atoms with Gasteiger partial charge in [0.1, 0.15) is 5.75 Å². The van der Waals surface area contributed by atoms with E-state index < -0.39 is 0 Å². The molecule has 0 bridgehead atoms. The highest BCUT2D eigenvalue weighted by Crippen LogP contribution is 2.22. The standard InChI is InChI=1S/C18H23N3O/c1-14(19-21-10-8-20(2)9-11-21)15-4-5-17-13-18(22-3)7-6-16(17)12-15/h4-7,12-13H,8-11H2,1-3H3/b19-14+. The molecule has 4 heteroatoms. The van der Waals surface area contributed by atoms with E-state index >= 15 is 0 Å². The fraction of sp³-hybridized carbons (Fsp3) is 0.389. The van der Waals surface area contributed by atoms with Crippen LogP contribution >= 0.6 is 0 Å². The van der Waals surface area contributed by atoms with E-state index in [1.807, 2.05) is 6.07 Å². The van der Waals surface area contributed by atoms with Crippen molar-refractivity contribution >= 4 is 16.5 Å². The Labute approximate surface area is 132 Å². The van der Waals surface area contributed by atoms with Gasteiger partial charge in [-0.15, -0.1) is 0 Å². The second-order valence-electron chi connectivity index (χ2n) is 5.87. The van der Waals surface area contributed by atoms with Gasteiger partial charge in [0, 0.05) is 26.2 Å². The fourth-order valence-corrected chi connectivity index (χ4v) is 2.74. The van der Waals surface area contributed by atoms with E-state index in [1.165, 1.54) is 16.3 Å². The molecule has 2 aromatic rings. The highest BCUT2D eigenvalue weighted by Gasteiger charge is 2.12. The maximum Gasteiger partial charge on any atom is 0.119 e. The minimum atomic E-state index is 0.892. The topological polar surface area (TPSA) is 28.1 Å². The van der Waals surface area contributed by atoms with Crippen LogP contribution in [0.3, 0.4) is 0 Å². The Morgan fingerprint density at radius 3 is 2.41 bits per heavy atom. The summed E-state index contributed by atoms with van der Waals surface area (Å²) in [4.78, 5) is 2.34. The quantitative estimate of drug-likeness (QED) is 0.816. The minimum absolute atomic E-state index is 0.892. The smallest absolute Gasteiger partial charge is 0.119 e. The van der Waals surface area contributed by atoms with Gasteiger partial charge in [0.15, 0.2) is 0 Å². The molecule has 0 atom stereocenters. The highest BCUT2D eigenvalue weighted by atomic mass is 16.5. The van der Waals surface area contributed by atoms with Crippen LogP contribution in [0.2, 0.25) is 0 Å². The number of ether oxygens (including phenoxy) is 1. The third-order valence-electron chi connectivity index (χ3n) is 4.24. The summed E-state index contributed by atoms with van der Waals surface area (Å²) in [6.45, 7) is 6.24. The average molecular weight is 297 g/mol. The number of benzene rings is 2. The Balaban J connectivity index is 1.83. The Kier molecular flexibility index (Phi) is 4.29. The monoisotopic (exact) mass is 297 g/mol. The van der Waals surface area contributed by atoms with Crippen LogP contribution < -0.4 is 4.74 Å². The lowest BCUT2D eigenvalue weighted by atomic mass is 10.0. The first kappa shape index (κ1) is 14.9. The molecule has 0 unspecified atom stereocenters. The molecule has 0 amide bonds. The predicted molar refractivity (Wildman–Crippen MR) is 91.8 cm³/mol. The molecule has 116 valence electrons. The predicted octanol–water partition coefficient (Wildman–Crippen LogP) is 2.82. The molecule has 0 aromatic heterocycles. The molecule has 0 aliphatic carbocycles. The number of hydrogen-bond acceptors (Lipinski definition) is 4. The zero-order chi connectivity index (χ0) is 15.5. The SMILES string of the molecule is COc1ccc2cc(/C(C)=N/N3CCN(C)CC3)ccc2c1. The van der Waals surface area contributed by atoms with Crippen molar-refractivity contribution < 1.29 is 4.74 Å². The molecule has 1 heterocycles. The maximum atomic E-state index is 5.27. The number of nitrogens with zero attached hydrogens (tertiary/aromatic N) is 3. The van der Waals surface area contributed by atoms with Crippen molar-refractivity contribution in [2.75, 3.05) is 40.3 Å². The van der Waals surface area contributed by atoms with Crippen LogP contribution in [0, 0.1) is 0 Å². The van der Waals surface area contributed by atoms with Gasteiger partial charge in [0.2, 0.25) is 0 Å². The van der Waals surface area contributed by atoms with Crippen LogP contribution in [0.1, 0.15) is 12.5 Å². The lowest BCUT2D eigenvalue weighted by molar-refractivity contribution is 0.159. The Hall–Kier alpha value is -2.07. The van der Waals surface area contributed by atoms with Crippen molar-refractivity contribution in [3.8, 4) is 5.75 Å². The molecule has 1 aliphatic heterocycles. The van der Waals surface area contributed by atoms with Crippen LogP contribution in [0.5, 0.6) is 5.75 Å². The van der Waals surface area contributed by atoms with Gasteiger partial charge in [-0.3, -0.25) is 5.01 Å². The Morgan fingerprint density at radius 2 is 1.68 bits per heavy atom. The zero-order valence-electron chi connectivity index (χ0n) is 13.5. The molecule has 0 N–H and O–H groups in total. The van der Waals surface area contributed by atoms with Crippen molar-refractivity contribution in [3.05, 3.63) is 42.0 Å². The van der Waals surface area contributed by atoms with Gasteiger partial charge in [-0.05, 0) is 48.5 Å². The molecule has 0 radical (unpaired) electrons. The van der Waals surface area contributed by atoms with Crippen LogP contribution in [0.15, 0.2) is 41.5 Å². The second kappa shape index (κ2) is 6.36. The van der Waals surface area contributed by atoms with Crippen molar-refractivity contribution in [2.45, 2.75) is 6.92 Å². The summed E-state index contributed by atoms with van der Waals surface area (Å²) in [6.07, 6.45) is 0. The molecular formula is C18H23N3O. The number of piperazine rings is 1.